The Balaban J connectivity index is 1.96. The van der Waals surface area contributed by atoms with Gasteiger partial charge in [0, 0.05) is 12.5 Å². The first kappa shape index (κ1) is 14.1. The molecule has 4 unspecified atom stereocenters. The molecule has 1 aliphatic carbocycles. The summed E-state index contributed by atoms with van der Waals surface area (Å²) in [6.45, 7) is 9.56. The number of hydrogen-bond acceptors (Lipinski definition) is 1. The van der Waals surface area contributed by atoms with E-state index >= 15 is 0 Å². The van der Waals surface area contributed by atoms with E-state index in [9.17, 15) is 0 Å². The van der Waals surface area contributed by atoms with Crippen LogP contribution in [-0.2, 0) is 0 Å². The molecule has 1 saturated carbocycles. The van der Waals surface area contributed by atoms with Crippen LogP contribution >= 0.6 is 0 Å². The average Bonchev–Trinajstić information content (AvgIpc) is 2.46. The van der Waals surface area contributed by atoms with E-state index in [0.29, 0.717) is 11.3 Å². The largest absolute Gasteiger partial charge is 0.316 e. The van der Waals surface area contributed by atoms with Crippen molar-refractivity contribution in [3.05, 3.63) is 35.4 Å². The summed E-state index contributed by atoms with van der Waals surface area (Å²) in [7, 11) is 0. The number of nitrogens with one attached hydrogen (secondary N) is 1. The number of piperidine rings is 1. The second kappa shape index (κ2) is 5.52. The Labute approximate surface area is 124 Å². The van der Waals surface area contributed by atoms with E-state index in [1.807, 2.05) is 0 Å². The molecule has 1 aromatic carbocycles. The van der Waals surface area contributed by atoms with Crippen LogP contribution in [0, 0.1) is 24.2 Å². The van der Waals surface area contributed by atoms with Gasteiger partial charge in [-0.3, -0.25) is 0 Å². The van der Waals surface area contributed by atoms with Gasteiger partial charge in [-0.25, -0.2) is 0 Å². The molecule has 20 heavy (non-hydrogen) atoms. The molecule has 1 aromatic rings. The van der Waals surface area contributed by atoms with Gasteiger partial charge in [0.1, 0.15) is 0 Å². The van der Waals surface area contributed by atoms with Crippen molar-refractivity contribution in [3.8, 4) is 0 Å². The molecule has 1 aliphatic heterocycles. The van der Waals surface area contributed by atoms with Crippen molar-refractivity contribution >= 4 is 0 Å². The van der Waals surface area contributed by atoms with Crippen LogP contribution in [0.2, 0.25) is 0 Å². The van der Waals surface area contributed by atoms with Gasteiger partial charge in [0.2, 0.25) is 0 Å². The minimum atomic E-state index is 0.540. The lowest BCUT2D eigenvalue weighted by atomic mass is 9.53. The molecule has 0 radical (unpaired) electrons. The standard InChI is InChI=1S/C19H29N/c1-14-6-8-17(9-7-14)18-13-20-12-11-19(18)10-4-5-15(2)16(19)3/h6-9,15-16,18,20H,4-5,10-13H2,1-3H3. The smallest absolute Gasteiger partial charge is 0.00256 e. The minimum absolute atomic E-state index is 0.540. The summed E-state index contributed by atoms with van der Waals surface area (Å²) in [5.74, 6) is 2.44. The van der Waals surface area contributed by atoms with E-state index in [1.54, 1.807) is 5.56 Å². The zero-order chi connectivity index (χ0) is 14.2. The van der Waals surface area contributed by atoms with E-state index in [4.69, 9.17) is 0 Å². The van der Waals surface area contributed by atoms with Gasteiger partial charge in [0.05, 0.1) is 0 Å². The topological polar surface area (TPSA) is 12.0 Å². The van der Waals surface area contributed by atoms with Crippen LogP contribution in [0.4, 0.5) is 0 Å². The fourth-order valence-electron chi connectivity index (χ4n) is 4.84. The first-order valence-electron chi connectivity index (χ1n) is 8.41. The lowest BCUT2D eigenvalue weighted by Gasteiger charge is -2.53. The molecule has 1 heterocycles. The van der Waals surface area contributed by atoms with Crippen molar-refractivity contribution in [2.45, 2.75) is 52.4 Å². The fourth-order valence-corrected chi connectivity index (χ4v) is 4.84. The SMILES string of the molecule is Cc1ccc(C2CNCCC23CCCC(C)C3C)cc1. The fraction of sp³-hybridized carbons (Fsp3) is 0.684. The molecule has 1 saturated heterocycles. The van der Waals surface area contributed by atoms with Crippen molar-refractivity contribution in [2.75, 3.05) is 13.1 Å². The number of benzene rings is 1. The normalized spacial score (nSPS) is 38.0. The molecule has 4 atom stereocenters. The summed E-state index contributed by atoms with van der Waals surface area (Å²) < 4.78 is 0. The maximum atomic E-state index is 3.65. The van der Waals surface area contributed by atoms with Crippen LogP contribution < -0.4 is 5.32 Å². The highest BCUT2D eigenvalue weighted by Crippen LogP contribution is 2.55. The third kappa shape index (κ3) is 2.30. The molecule has 0 amide bonds. The zero-order valence-corrected chi connectivity index (χ0v) is 13.3. The second-order valence-corrected chi connectivity index (χ2v) is 7.31. The lowest BCUT2D eigenvalue weighted by Crippen LogP contribution is -2.50. The predicted octanol–water partition coefficient (Wildman–Crippen LogP) is 4.51. The lowest BCUT2D eigenvalue weighted by molar-refractivity contribution is 0.00902. The van der Waals surface area contributed by atoms with E-state index in [-0.39, 0.29) is 0 Å². The summed E-state index contributed by atoms with van der Waals surface area (Å²) in [6, 6.07) is 9.32. The highest BCUT2D eigenvalue weighted by atomic mass is 14.9. The van der Waals surface area contributed by atoms with Gasteiger partial charge in [-0.2, -0.15) is 0 Å². The van der Waals surface area contributed by atoms with Crippen LogP contribution in [0.15, 0.2) is 24.3 Å². The maximum absolute atomic E-state index is 3.65. The Kier molecular flexibility index (Phi) is 3.90. The number of rotatable bonds is 1. The van der Waals surface area contributed by atoms with Crippen LogP contribution in [0.25, 0.3) is 0 Å². The van der Waals surface area contributed by atoms with Gasteiger partial charge in [-0.05, 0) is 49.1 Å². The monoisotopic (exact) mass is 271 g/mol. The van der Waals surface area contributed by atoms with Gasteiger partial charge >= 0.3 is 0 Å². The maximum Gasteiger partial charge on any atom is 0.00256 e. The van der Waals surface area contributed by atoms with Crippen molar-refractivity contribution in [3.63, 3.8) is 0 Å². The van der Waals surface area contributed by atoms with Crippen molar-refractivity contribution < 1.29 is 0 Å². The van der Waals surface area contributed by atoms with E-state index in [2.05, 4.69) is 50.4 Å². The quantitative estimate of drug-likeness (QED) is 0.792. The highest BCUT2D eigenvalue weighted by Gasteiger charge is 2.48. The van der Waals surface area contributed by atoms with Gasteiger partial charge in [-0.1, -0.05) is 56.5 Å². The van der Waals surface area contributed by atoms with Crippen LogP contribution in [0.5, 0.6) is 0 Å². The van der Waals surface area contributed by atoms with Gasteiger partial charge in [-0.15, -0.1) is 0 Å². The summed E-state index contributed by atoms with van der Waals surface area (Å²) in [5.41, 5.74) is 3.47. The van der Waals surface area contributed by atoms with Gasteiger partial charge < -0.3 is 5.32 Å². The van der Waals surface area contributed by atoms with Crippen LogP contribution in [0.3, 0.4) is 0 Å². The van der Waals surface area contributed by atoms with E-state index in [0.717, 1.165) is 11.8 Å². The molecular formula is C19H29N. The molecule has 1 heteroatoms. The summed E-state index contributed by atoms with van der Waals surface area (Å²) in [5, 5.41) is 3.65. The van der Waals surface area contributed by atoms with Crippen LogP contribution in [0.1, 0.15) is 56.6 Å². The molecule has 2 fully saturated rings. The van der Waals surface area contributed by atoms with E-state index in [1.165, 1.54) is 44.3 Å². The van der Waals surface area contributed by atoms with Gasteiger partial charge in [0.15, 0.2) is 0 Å². The third-order valence-electron chi connectivity index (χ3n) is 6.35. The van der Waals surface area contributed by atoms with Crippen molar-refractivity contribution in [1.82, 2.24) is 5.32 Å². The molecular weight excluding hydrogens is 242 g/mol. The Morgan fingerprint density at radius 2 is 1.85 bits per heavy atom. The molecule has 1 nitrogen and oxygen atoms in total. The first-order valence-corrected chi connectivity index (χ1v) is 8.41. The Bertz CT molecular complexity index is 445. The highest BCUT2D eigenvalue weighted by molar-refractivity contribution is 5.28. The first-order chi connectivity index (χ1) is 9.63. The Morgan fingerprint density at radius 3 is 2.60 bits per heavy atom. The number of aryl methyl sites for hydroxylation is 1. The average molecular weight is 271 g/mol. The van der Waals surface area contributed by atoms with Crippen molar-refractivity contribution in [2.24, 2.45) is 17.3 Å². The summed E-state index contributed by atoms with van der Waals surface area (Å²) in [4.78, 5) is 0. The third-order valence-corrected chi connectivity index (χ3v) is 6.35. The molecule has 0 aromatic heterocycles. The minimum Gasteiger partial charge on any atom is -0.316 e. The molecule has 1 N–H and O–H groups in total. The molecule has 110 valence electrons. The molecule has 3 rings (SSSR count). The summed E-state index contributed by atoms with van der Waals surface area (Å²) >= 11 is 0. The Hall–Kier alpha value is -0.820. The summed E-state index contributed by atoms with van der Waals surface area (Å²) in [6.07, 6.45) is 5.64. The molecule has 0 bridgehead atoms. The molecule has 2 aliphatic rings. The second-order valence-electron chi connectivity index (χ2n) is 7.31. The van der Waals surface area contributed by atoms with Crippen LogP contribution in [-0.4, -0.2) is 13.1 Å². The predicted molar refractivity (Wildman–Crippen MR) is 86.0 cm³/mol. The molecule has 1 spiro atoms. The van der Waals surface area contributed by atoms with E-state index < -0.39 is 0 Å². The zero-order valence-electron chi connectivity index (χ0n) is 13.3. The Morgan fingerprint density at radius 1 is 1.10 bits per heavy atom. The number of hydrogen-bond donors (Lipinski definition) is 1. The van der Waals surface area contributed by atoms with Gasteiger partial charge in [0.25, 0.3) is 0 Å². The van der Waals surface area contributed by atoms with Crippen molar-refractivity contribution in [1.29, 1.82) is 0 Å².